The van der Waals surface area contributed by atoms with Crippen LogP contribution in [0.25, 0.3) is 0 Å². The number of amides is 1. The Morgan fingerprint density at radius 1 is 1.08 bits per heavy atom. The maximum absolute atomic E-state index is 12.8. The lowest BCUT2D eigenvalue weighted by atomic mass is 9.83. The fourth-order valence-corrected chi connectivity index (χ4v) is 2.88. The average molecular weight is 376 g/mol. The minimum Gasteiger partial charge on any atom is -0.486 e. The lowest BCUT2D eigenvalue weighted by Crippen LogP contribution is -2.35. The number of anilines is 1. The maximum Gasteiger partial charge on any atom is 0.337 e. The van der Waals surface area contributed by atoms with Gasteiger partial charge in [-0.1, -0.05) is 17.7 Å². The molecule has 0 atom stereocenters. The fraction of sp³-hybridized carbons (Fsp3) is 0.263. The van der Waals surface area contributed by atoms with Crippen molar-refractivity contribution in [1.82, 2.24) is 0 Å². The predicted molar refractivity (Wildman–Crippen MR) is 97.5 cm³/mol. The van der Waals surface area contributed by atoms with Crippen molar-refractivity contribution in [3.63, 3.8) is 0 Å². The summed E-state index contributed by atoms with van der Waals surface area (Å²) in [5, 5.41) is 11.9. The monoisotopic (exact) mass is 375 g/mol. The Balaban J connectivity index is 1.82. The largest absolute Gasteiger partial charge is 0.486 e. The molecule has 3 rings (SSSR count). The molecule has 0 aromatic heterocycles. The first-order valence-corrected chi connectivity index (χ1v) is 8.41. The second-order valence-corrected chi connectivity index (χ2v) is 6.84. The number of hydrogen-bond acceptors (Lipinski definition) is 4. The topological polar surface area (TPSA) is 84.9 Å². The second-order valence-electron chi connectivity index (χ2n) is 6.44. The van der Waals surface area contributed by atoms with Crippen molar-refractivity contribution in [1.29, 1.82) is 0 Å². The SMILES string of the molecule is CC(C)(C(=O)Nc1ccc(C(=O)O)c(Cl)c1)c1ccc2c(c1)OCCO2. The summed E-state index contributed by atoms with van der Waals surface area (Å²) in [6.07, 6.45) is 0. The van der Waals surface area contributed by atoms with Gasteiger partial charge in [-0.2, -0.15) is 0 Å². The first-order valence-electron chi connectivity index (χ1n) is 8.03. The molecule has 0 aliphatic carbocycles. The molecule has 1 heterocycles. The molecule has 7 heteroatoms. The molecule has 0 saturated carbocycles. The summed E-state index contributed by atoms with van der Waals surface area (Å²) >= 11 is 5.96. The number of carbonyl (C=O) groups excluding carboxylic acids is 1. The van der Waals surface area contributed by atoms with Crippen molar-refractivity contribution in [3.8, 4) is 11.5 Å². The number of fused-ring (bicyclic) bond motifs is 1. The Morgan fingerprint density at radius 3 is 2.42 bits per heavy atom. The number of ether oxygens (including phenoxy) is 2. The Kier molecular flexibility index (Phi) is 4.78. The molecule has 0 bridgehead atoms. The molecule has 0 radical (unpaired) electrons. The summed E-state index contributed by atoms with van der Waals surface area (Å²) < 4.78 is 11.1. The second kappa shape index (κ2) is 6.88. The zero-order valence-electron chi connectivity index (χ0n) is 14.3. The molecule has 1 amide bonds. The van der Waals surface area contributed by atoms with Crippen molar-refractivity contribution in [2.45, 2.75) is 19.3 Å². The van der Waals surface area contributed by atoms with Gasteiger partial charge in [-0.05, 0) is 49.7 Å². The van der Waals surface area contributed by atoms with Crippen LogP contribution >= 0.6 is 11.6 Å². The van der Waals surface area contributed by atoms with Crippen molar-refractivity contribution in [3.05, 3.63) is 52.5 Å². The number of halogens is 1. The van der Waals surface area contributed by atoms with E-state index in [9.17, 15) is 9.59 Å². The van der Waals surface area contributed by atoms with E-state index in [4.69, 9.17) is 26.2 Å². The predicted octanol–water partition coefficient (Wildman–Crippen LogP) is 3.73. The molecule has 2 aromatic carbocycles. The lowest BCUT2D eigenvalue weighted by molar-refractivity contribution is -0.120. The van der Waals surface area contributed by atoms with E-state index < -0.39 is 11.4 Å². The molecule has 6 nitrogen and oxygen atoms in total. The van der Waals surface area contributed by atoms with Crippen molar-refractivity contribution < 1.29 is 24.2 Å². The van der Waals surface area contributed by atoms with Crippen molar-refractivity contribution in [2.75, 3.05) is 18.5 Å². The molecular weight excluding hydrogens is 358 g/mol. The minimum absolute atomic E-state index is 0.0178. The average Bonchev–Trinajstić information content (AvgIpc) is 2.61. The van der Waals surface area contributed by atoms with Gasteiger partial charge in [0.05, 0.1) is 16.0 Å². The van der Waals surface area contributed by atoms with Gasteiger partial charge >= 0.3 is 5.97 Å². The summed E-state index contributed by atoms with van der Waals surface area (Å²) in [6, 6.07) is 9.70. The Morgan fingerprint density at radius 2 is 1.77 bits per heavy atom. The van der Waals surface area contributed by atoms with Crippen LogP contribution in [0.3, 0.4) is 0 Å². The number of aromatic carboxylic acids is 1. The van der Waals surface area contributed by atoms with Crippen LogP contribution in [0, 0.1) is 0 Å². The lowest BCUT2D eigenvalue weighted by Gasteiger charge is -2.26. The highest BCUT2D eigenvalue weighted by Gasteiger charge is 2.31. The molecule has 2 aromatic rings. The zero-order chi connectivity index (χ0) is 18.9. The third-order valence-corrected chi connectivity index (χ3v) is 4.60. The molecule has 26 heavy (non-hydrogen) atoms. The molecule has 1 aliphatic heterocycles. The third kappa shape index (κ3) is 3.46. The summed E-state index contributed by atoms with van der Waals surface area (Å²) in [7, 11) is 0. The van der Waals surface area contributed by atoms with Crippen LogP contribution in [-0.4, -0.2) is 30.2 Å². The number of carboxylic acid groups (broad SMARTS) is 1. The van der Waals surface area contributed by atoms with Gasteiger partial charge < -0.3 is 19.9 Å². The molecule has 136 valence electrons. The molecule has 0 spiro atoms. The quantitative estimate of drug-likeness (QED) is 0.850. The van der Waals surface area contributed by atoms with Gasteiger partial charge in [0.2, 0.25) is 5.91 Å². The summed E-state index contributed by atoms with van der Waals surface area (Å²) in [5.74, 6) is -0.103. The minimum atomic E-state index is -1.12. The van der Waals surface area contributed by atoms with Gasteiger partial charge in [0, 0.05) is 5.69 Å². The van der Waals surface area contributed by atoms with Gasteiger partial charge in [-0.25, -0.2) is 4.79 Å². The number of carbonyl (C=O) groups is 2. The first kappa shape index (κ1) is 18.1. The molecule has 0 unspecified atom stereocenters. The van der Waals surface area contributed by atoms with Crippen LogP contribution in [0.5, 0.6) is 11.5 Å². The van der Waals surface area contributed by atoms with E-state index in [1.54, 1.807) is 26.0 Å². The standard InChI is InChI=1S/C19H18ClNO5/c1-19(2,11-3-6-15-16(9-11)26-8-7-25-15)18(24)21-12-4-5-13(17(22)23)14(20)10-12/h3-6,9-10H,7-8H2,1-2H3,(H,21,24)(H,22,23). The van der Waals surface area contributed by atoms with E-state index in [1.165, 1.54) is 18.2 Å². The van der Waals surface area contributed by atoms with Crippen LogP contribution in [0.2, 0.25) is 5.02 Å². The van der Waals surface area contributed by atoms with E-state index in [0.29, 0.717) is 30.4 Å². The fourth-order valence-electron chi connectivity index (χ4n) is 2.62. The molecule has 0 fully saturated rings. The Labute approximate surface area is 155 Å². The first-order chi connectivity index (χ1) is 12.3. The summed E-state index contributed by atoms with van der Waals surface area (Å²) in [4.78, 5) is 23.8. The highest BCUT2D eigenvalue weighted by Crippen LogP contribution is 2.35. The van der Waals surface area contributed by atoms with Crippen LogP contribution in [0.1, 0.15) is 29.8 Å². The third-order valence-electron chi connectivity index (χ3n) is 4.29. The van der Waals surface area contributed by atoms with Crippen molar-refractivity contribution >= 4 is 29.2 Å². The van der Waals surface area contributed by atoms with E-state index >= 15 is 0 Å². The summed E-state index contributed by atoms with van der Waals surface area (Å²) in [6.45, 7) is 4.56. The van der Waals surface area contributed by atoms with Gasteiger partial charge in [-0.15, -0.1) is 0 Å². The van der Waals surface area contributed by atoms with E-state index in [2.05, 4.69) is 5.32 Å². The number of hydrogen-bond donors (Lipinski definition) is 2. The van der Waals surface area contributed by atoms with Crippen LogP contribution in [0.15, 0.2) is 36.4 Å². The van der Waals surface area contributed by atoms with Gasteiger partial charge in [0.1, 0.15) is 13.2 Å². The van der Waals surface area contributed by atoms with Crippen LogP contribution in [0.4, 0.5) is 5.69 Å². The number of rotatable bonds is 4. The van der Waals surface area contributed by atoms with Gasteiger partial charge in [0.25, 0.3) is 0 Å². The summed E-state index contributed by atoms with van der Waals surface area (Å²) in [5.41, 5.74) is 0.326. The zero-order valence-corrected chi connectivity index (χ0v) is 15.1. The van der Waals surface area contributed by atoms with E-state index in [-0.39, 0.29) is 16.5 Å². The van der Waals surface area contributed by atoms with Crippen molar-refractivity contribution in [2.24, 2.45) is 0 Å². The maximum atomic E-state index is 12.8. The number of carboxylic acids is 1. The Bertz CT molecular complexity index is 878. The molecular formula is C19H18ClNO5. The molecule has 1 aliphatic rings. The van der Waals surface area contributed by atoms with Gasteiger partial charge in [0.15, 0.2) is 11.5 Å². The van der Waals surface area contributed by atoms with E-state index in [1.807, 2.05) is 6.07 Å². The number of nitrogens with one attached hydrogen (secondary N) is 1. The van der Waals surface area contributed by atoms with E-state index in [0.717, 1.165) is 5.56 Å². The Hall–Kier alpha value is -2.73. The normalized spacial score (nSPS) is 13.2. The number of benzene rings is 2. The highest BCUT2D eigenvalue weighted by molar-refractivity contribution is 6.33. The molecule has 2 N–H and O–H groups in total. The van der Waals surface area contributed by atoms with Crippen LogP contribution in [-0.2, 0) is 10.2 Å². The molecule has 0 saturated heterocycles. The smallest absolute Gasteiger partial charge is 0.337 e. The van der Waals surface area contributed by atoms with Gasteiger partial charge in [-0.3, -0.25) is 4.79 Å². The highest BCUT2D eigenvalue weighted by atomic mass is 35.5. The van der Waals surface area contributed by atoms with Crippen LogP contribution < -0.4 is 14.8 Å².